The molecule has 7 heteroatoms. The molecule has 0 saturated carbocycles. The molecule has 28 heavy (non-hydrogen) atoms. The van der Waals surface area contributed by atoms with Crippen molar-refractivity contribution in [1.29, 1.82) is 0 Å². The second-order valence-corrected chi connectivity index (χ2v) is 7.78. The van der Waals surface area contributed by atoms with Crippen LogP contribution >= 0.6 is 23.4 Å². The number of morpholine rings is 1. The van der Waals surface area contributed by atoms with E-state index in [1.165, 1.54) is 11.8 Å². The maximum atomic E-state index is 12.2. The van der Waals surface area contributed by atoms with E-state index in [2.05, 4.69) is 9.89 Å². The smallest absolute Gasteiger partial charge is 0.286 e. The van der Waals surface area contributed by atoms with E-state index in [0.717, 1.165) is 35.1 Å². The predicted octanol–water partition coefficient (Wildman–Crippen LogP) is 4.22. The van der Waals surface area contributed by atoms with Crippen LogP contribution in [0.2, 0.25) is 5.02 Å². The van der Waals surface area contributed by atoms with Crippen molar-refractivity contribution in [2.24, 2.45) is 4.99 Å². The Morgan fingerprint density at radius 1 is 1.14 bits per heavy atom. The van der Waals surface area contributed by atoms with Crippen LogP contribution < -0.4 is 4.74 Å². The fourth-order valence-electron chi connectivity index (χ4n) is 2.88. The van der Waals surface area contributed by atoms with Gasteiger partial charge in [0.15, 0.2) is 5.17 Å². The summed E-state index contributed by atoms with van der Waals surface area (Å²) in [7, 11) is 0. The van der Waals surface area contributed by atoms with E-state index < -0.39 is 0 Å². The summed E-state index contributed by atoms with van der Waals surface area (Å²) in [5.74, 6) is 0.559. The van der Waals surface area contributed by atoms with E-state index in [1.807, 2.05) is 54.6 Å². The van der Waals surface area contributed by atoms with Crippen molar-refractivity contribution in [3.8, 4) is 5.75 Å². The molecule has 1 amide bonds. The molecule has 1 saturated heterocycles. The fourth-order valence-corrected chi connectivity index (χ4v) is 4.03. The number of amidine groups is 1. The van der Waals surface area contributed by atoms with Crippen molar-refractivity contribution in [1.82, 2.24) is 4.90 Å². The van der Waals surface area contributed by atoms with Crippen LogP contribution in [0.25, 0.3) is 6.08 Å². The molecule has 2 aliphatic heterocycles. The number of hydrogen-bond acceptors (Lipinski definition) is 5. The summed E-state index contributed by atoms with van der Waals surface area (Å²) in [6.07, 6.45) is 1.86. The van der Waals surface area contributed by atoms with Gasteiger partial charge in [-0.25, -0.2) is 0 Å². The van der Waals surface area contributed by atoms with Crippen LogP contribution in [0, 0.1) is 0 Å². The van der Waals surface area contributed by atoms with Crippen LogP contribution in [0.4, 0.5) is 0 Å². The normalized spacial score (nSPS) is 18.5. The molecule has 2 heterocycles. The van der Waals surface area contributed by atoms with Gasteiger partial charge in [-0.05, 0) is 41.6 Å². The highest BCUT2D eigenvalue weighted by atomic mass is 35.5. The van der Waals surface area contributed by atoms with Crippen LogP contribution in [0.15, 0.2) is 58.4 Å². The highest BCUT2D eigenvalue weighted by Crippen LogP contribution is 2.31. The molecule has 0 aromatic heterocycles. The maximum absolute atomic E-state index is 12.2. The first kappa shape index (κ1) is 19.1. The Balaban J connectivity index is 1.37. The van der Waals surface area contributed by atoms with Crippen molar-refractivity contribution >= 4 is 40.5 Å². The Bertz CT molecular complexity index is 922. The average Bonchev–Trinajstić information content (AvgIpc) is 3.09. The molecule has 0 atom stereocenters. The Kier molecular flexibility index (Phi) is 6.00. The van der Waals surface area contributed by atoms with Gasteiger partial charge in [-0.2, -0.15) is 4.99 Å². The number of amides is 1. The molecule has 5 nitrogen and oxygen atoms in total. The summed E-state index contributed by atoms with van der Waals surface area (Å²) in [5.41, 5.74) is 1.87. The van der Waals surface area contributed by atoms with Gasteiger partial charge < -0.3 is 14.4 Å². The number of carbonyl (C=O) groups is 1. The lowest BCUT2D eigenvalue weighted by Crippen LogP contribution is -2.38. The topological polar surface area (TPSA) is 51.1 Å². The summed E-state index contributed by atoms with van der Waals surface area (Å²) < 4.78 is 11.1. The lowest BCUT2D eigenvalue weighted by Gasteiger charge is -2.27. The minimum atomic E-state index is -0.189. The summed E-state index contributed by atoms with van der Waals surface area (Å²) in [6, 6.07) is 15.2. The molecule has 4 rings (SSSR count). The molecule has 144 valence electrons. The lowest BCUT2D eigenvalue weighted by molar-refractivity contribution is -0.113. The van der Waals surface area contributed by atoms with E-state index in [0.29, 0.717) is 29.7 Å². The van der Waals surface area contributed by atoms with Crippen molar-refractivity contribution in [2.45, 2.75) is 6.61 Å². The van der Waals surface area contributed by atoms with Crippen LogP contribution in [-0.4, -0.2) is 42.3 Å². The average molecular weight is 415 g/mol. The number of hydrogen-bond donors (Lipinski definition) is 0. The first-order valence-corrected chi connectivity index (χ1v) is 10.2. The van der Waals surface area contributed by atoms with Gasteiger partial charge in [-0.1, -0.05) is 41.9 Å². The van der Waals surface area contributed by atoms with E-state index in [1.54, 1.807) is 0 Å². The Hall–Kier alpha value is -2.28. The van der Waals surface area contributed by atoms with Crippen molar-refractivity contribution in [2.75, 3.05) is 26.3 Å². The molecule has 0 N–H and O–H groups in total. The molecular weight excluding hydrogens is 396 g/mol. The summed E-state index contributed by atoms with van der Waals surface area (Å²) >= 11 is 7.57. The number of halogens is 1. The number of rotatable bonds is 4. The SMILES string of the molecule is O=C1N=C(N2CCOCC2)S/C1=C\c1ccc(OCc2ccccc2Cl)cc1. The third kappa shape index (κ3) is 4.58. The van der Waals surface area contributed by atoms with Gasteiger partial charge in [-0.15, -0.1) is 0 Å². The largest absolute Gasteiger partial charge is 0.489 e. The molecule has 0 bridgehead atoms. The molecule has 0 aliphatic carbocycles. The van der Waals surface area contributed by atoms with Gasteiger partial charge in [0.2, 0.25) is 0 Å². The van der Waals surface area contributed by atoms with Gasteiger partial charge >= 0.3 is 0 Å². The molecule has 2 aromatic rings. The van der Waals surface area contributed by atoms with Crippen molar-refractivity contribution < 1.29 is 14.3 Å². The Labute approximate surface area is 173 Å². The summed E-state index contributed by atoms with van der Waals surface area (Å²) in [4.78, 5) is 19.1. The first-order valence-electron chi connectivity index (χ1n) is 9.00. The Morgan fingerprint density at radius 3 is 2.64 bits per heavy atom. The minimum absolute atomic E-state index is 0.189. The van der Waals surface area contributed by atoms with Gasteiger partial charge in [0.1, 0.15) is 12.4 Å². The zero-order chi connectivity index (χ0) is 19.3. The summed E-state index contributed by atoms with van der Waals surface area (Å²) in [5, 5.41) is 1.45. The number of thioether (sulfide) groups is 1. The predicted molar refractivity (Wildman–Crippen MR) is 113 cm³/mol. The molecule has 0 radical (unpaired) electrons. The van der Waals surface area contributed by atoms with Crippen LogP contribution in [0.1, 0.15) is 11.1 Å². The van der Waals surface area contributed by atoms with Gasteiger partial charge in [0.25, 0.3) is 5.91 Å². The van der Waals surface area contributed by atoms with Gasteiger partial charge in [0, 0.05) is 23.7 Å². The van der Waals surface area contributed by atoms with E-state index >= 15 is 0 Å². The highest BCUT2D eigenvalue weighted by molar-refractivity contribution is 8.18. The van der Waals surface area contributed by atoms with Crippen LogP contribution in [-0.2, 0) is 16.1 Å². The molecule has 2 aromatic carbocycles. The van der Waals surface area contributed by atoms with Crippen LogP contribution in [0.5, 0.6) is 5.75 Å². The van der Waals surface area contributed by atoms with Crippen molar-refractivity contribution in [3.05, 3.63) is 69.6 Å². The third-order valence-electron chi connectivity index (χ3n) is 4.42. The maximum Gasteiger partial charge on any atom is 0.286 e. The quantitative estimate of drug-likeness (QED) is 0.701. The number of ether oxygens (including phenoxy) is 2. The molecule has 0 unspecified atom stereocenters. The fraction of sp³-hybridized carbons (Fsp3) is 0.238. The Morgan fingerprint density at radius 2 is 1.89 bits per heavy atom. The number of benzene rings is 2. The van der Waals surface area contributed by atoms with E-state index in [4.69, 9.17) is 21.1 Å². The molecule has 1 fully saturated rings. The molecular formula is C21H19ClN2O3S. The van der Waals surface area contributed by atoms with Crippen molar-refractivity contribution in [3.63, 3.8) is 0 Å². The van der Waals surface area contributed by atoms with Gasteiger partial charge in [0.05, 0.1) is 18.1 Å². The summed E-state index contributed by atoms with van der Waals surface area (Å²) in [6.45, 7) is 3.28. The monoisotopic (exact) mass is 414 g/mol. The second-order valence-electron chi connectivity index (χ2n) is 6.36. The number of carbonyl (C=O) groups excluding carboxylic acids is 1. The minimum Gasteiger partial charge on any atom is -0.489 e. The number of aliphatic imine (C=N–C) groups is 1. The van der Waals surface area contributed by atoms with E-state index in [9.17, 15) is 4.79 Å². The standard InChI is InChI=1S/C21H19ClN2O3S/c22-18-4-2-1-3-16(18)14-27-17-7-5-15(6-8-17)13-19-20(25)23-21(28-19)24-9-11-26-12-10-24/h1-8,13H,9-12,14H2/b19-13-. The highest BCUT2D eigenvalue weighted by Gasteiger charge is 2.27. The lowest BCUT2D eigenvalue weighted by atomic mass is 10.2. The number of nitrogens with zero attached hydrogens (tertiary/aromatic N) is 2. The second kappa shape index (κ2) is 8.82. The van der Waals surface area contributed by atoms with E-state index in [-0.39, 0.29) is 5.91 Å². The molecule has 0 spiro atoms. The zero-order valence-corrected chi connectivity index (χ0v) is 16.7. The first-order chi connectivity index (χ1) is 13.7. The van der Waals surface area contributed by atoms with Crippen LogP contribution in [0.3, 0.4) is 0 Å². The third-order valence-corrected chi connectivity index (χ3v) is 5.83. The molecule has 2 aliphatic rings. The zero-order valence-electron chi connectivity index (χ0n) is 15.1. The van der Waals surface area contributed by atoms with Gasteiger partial charge in [-0.3, -0.25) is 4.79 Å².